The Kier molecular flexibility index (Phi) is 3.90. The van der Waals surface area contributed by atoms with Gasteiger partial charge in [0.2, 0.25) is 0 Å². The van der Waals surface area contributed by atoms with Gasteiger partial charge in [0, 0.05) is 17.7 Å². The maximum Gasteiger partial charge on any atom is 0.155 e. The van der Waals surface area contributed by atoms with E-state index in [4.69, 9.17) is 18.0 Å². The van der Waals surface area contributed by atoms with Crippen LogP contribution in [0, 0.1) is 47.3 Å². The molecule has 2 nitrogen and oxygen atoms in total. The van der Waals surface area contributed by atoms with Gasteiger partial charge in [-0.1, -0.05) is 18.4 Å². The summed E-state index contributed by atoms with van der Waals surface area (Å²) in [4.78, 5) is 11.8. The molecule has 0 aromatic carbocycles. The zero-order valence-electron chi connectivity index (χ0n) is 14.4. The lowest BCUT2D eigenvalue weighted by Gasteiger charge is -2.57. The molecule has 130 valence electrons. The molecule has 0 radical (unpaired) electrons. The zero-order valence-corrected chi connectivity index (χ0v) is 15.2. The Labute approximate surface area is 150 Å². The fourth-order valence-corrected chi connectivity index (χ4v) is 7.21. The maximum absolute atomic E-state index is 11.8. The van der Waals surface area contributed by atoms with Crippen LogP contribution >= 0.6 is 11.6 Å². The average Bonchev–Trinajstić information content (AvgIpc) is 2.85. The Bertz CT molecular complexity index is 632. The predicted octanol–water partition coefficient (Wildman–Crippen LogP) is 3.96. The van der Waals surface area contributed by atoms with Gasteiger partial charge in [0.25, 0.3) is 0 Å². The number of hydrogen-bond acceptors (Lipinski definition) is 2. The van der Waals surface area contributed by atoms with Crippen LogP contribution in [0.15, 0.2) is 11.6 Å². The number of alkyl halides is 1. The van der Waals surface area contributed by atoms with Crippen molar-refractivity contribution in [3.63, 3.8) is 0 Å². The smallest absolute Gasteiger partial charge is 0.155 e. The Hall–Kier alpha value is -0.780. The fraction of sp³-hybridized carbons (Fsp3) is 0.762. The van der Waals surface area contributed by atoms with Gasteiger partial charge in [0.15, 0.2) is 5.78 Å². The first-order valence-corrected chi connectivity index (χ1v) is 9.96. The molecule has 0 saturated heterocycles. The predicted molar refractivity (Wildman–Crippen MR) is 95.5 cm³/mol. The van der Waals surface area contributed by atoms with E-state index < -0.39 is 5.60 Å². The van der Waals surface area contributed by atoms with Crippen LogP contribution in [0.1, 0.15) is 51.9 Å². The minimum absolute atomic E-state index is 0.214. The number of halogens is 1. The summed E-state index contributed by atoms with van der Waals surface area (Å²) in [6.07, 6.45) is 14.2. The molecule has 0 aromatic rings. The molecule has 0 amide bonds. The molecule has 3 fully saturated rings. The highest BCUT2D eigenvalue weighted by molar-refractivity contribution is 6.18. The largest absolute Gasteiger partial charge is 0.377 e. The number of allylic oxidation sites excluding steroid dienone is 1. The van der Waals surface area contributed by atoms with E-state index in [1.54, 1.807) is 0 Å². The summed E-state index contributed by atoms with van der Waals surface area (Å²) >= 11 is 6.43. The lowest BCUT2D eigenvalue weighted by molar-refractivity contribution is -0.119. The topological polar surface area (TPSA) is 37.3 Å². The van der Waals surface area contributed by atoms with Crippen LogP contribution in [-0.4, -0.2) is 22.4 Å². The molecule has 0 heterocycles. The number of carbonyl (C=O) groups is 1. The van der Waals surface area contributed by atoms with E-state index >= 15 is 0 Å². The zero-order chi connectivity index (χ0) is 17.1. The minimum atomic E-state index is -0.981. The van der Waals surface area contributed by atoms with E-state index in [1.807, 2.05) is 6.08 Å². The van der Waals surface area contributed by atoms with Gasteiger partial charge in [-0.15, -0.1) is 18.0 Å². The monoisotopic (exact) mass is 346 g/mol. The summed E-state index contributed by atoms with van der Waals surface area (Å²) in [5.74, 6) is 6.21. The van der Waals surface area contributed by atoms with Crippen molar-refractivity contribution in [2.75, 3.05) is 5.88 Å². The van der Waals surface area contributed by atoms with E-state index in [2.05, 4.69) is 12.8 Å². The number of aliphatic hydroxyl groups is 1. The second kappa shape index (κ2) is 5.61. The fourth-order valence-electron chi connectivity index (χ4n) is 6.90. The summed E-state index contributed by atoms with van der Waals surface area (Å²) in [5.41, 5.74) is 0.177. The molecule has 4 aliphatic carbocycles. The number of carbonyl (C=O) groups excluding carboxylic acids is 1. The van der Waals surface area contributed by atoms with Crippen LogP contribution in [0.4, 0.5) is 0 Å². The summed E-state index contributed by atoms with van der Waals surface area (Å²) < 4.78 is 0. The van der Waals surface area contributed by atoms with Crippen molar-refractivity contribution >= 4 is 17.4 Å². The van der Waals surface area contributed by atoms with Crippen LogP contribution in [0.5, 0.6) is 0 Å². The number of fused-ring (bicyclic) bond motifs is 5. The van der Waals surface area contributed by atoms with E-state index in [1.165, 1.54) is 5.57 Å². The molecule has 0 aromatic heterocycles. The van der Waals surface area contributed by atoms with Crippen molar-refractivity contribution in [2.24, 2.45) is 35.0 Å². The maximum atomic E-state index is 11.8. The molecule has 0 spiro atoms. The van der Waals surface area contributed by atoms with Gasteiger partial charge in [-0.05, 0) is 74.2 Å². The highest BCUT2D eigenvalue weighted by atomic mass is 35.5. The molecule has 0 aliphatic heterocycles. The Balaban J connectivity index is 1.73. The van der Waals surface area contributed by atoms with Crippen molar-refractivity contribution in [1.82, 2.24) is 0 Å². The highest BCUT2D eigenvalue weighted by Crippen LogP contribution is 2.66. The molecule has 4 aliphatic rings. The molecule has 4 rings (SSSR count). The number of rotatable bonds is 1. The molecule has 3 saturated carbocycles. The van der Waals surface area contributed by atoms with E-state index in [9.17, 15) is 9.90 Å². The highest BCUT2D eigenvalue weighted by Gasteiger charge is 2.64. The van der Waals surface area contributed by atoms with Crippen LogP contribution in [0.25, 0.3) is 0 Å². The quantitative estimate of drug-likeness (QED) is 0.576. The standard InChI is InChI=1S/C21H27ClO2/c1-3-21(24)9-8-18-17-6-4-13-10-15(23)5-7-16(13)19(17)14(12-22)11-20(18,21)2/h1,10,14,16-19,24H,4-9,11-12H2,2H3/t14-,16+,17+,18+,19-,20+,21+/m1/s1. The first-order valence-electron chi connectivity index (χ1n) is 9.43. The number of terminal acetylenes is 1. The van der Waals surface area contributed by atoms with Crippen molar-refractivity contribution in [3.8, 4) is 12.3 Å². The summed E-state index contributed by atoms with van der Waals surface area (Å²) in [6, 6.07) is 0. The van der Waals surface area contributed by atoms with Gasteiger partial charge in [0.1, 0.15) is 5.60 Å². The number of ketones is 1. The lowest BCUT2D eigenvalue weighted by Crippen LogP contribution is -2.55. The Morgan fingerprint density at radius 2 is 2.17 bits per heavy atom. The second-order valence-corrected chi connectivity index (χ2v) is 9.10. The Morgan fingerprint density at radius 1 is 1.38 bits per heavy atom. The van der Waals surface area contributed by atoms with Gasteiger partial charge in [-0.25, -0.2) is 0 Å². The van der Waals surface area contributed by atoms with Crippen LogP contribution in [-0.2, 0) is 4.79 Å². The third kappa shape index (κ3) is 2.10. The van der Waals surface area contributed by atoms with E-state index in [0.717, 1.165) is 38.5 Å². The average molecular weight is 347 g/mol. The molecular formula is C21H27ClO2. The first-order chi connectivity index (χ1) is 11.4. The molecule has 0 unspecified atom stereocenters. The Morgan fingerprint density at radius 3 is 2.88 bits per heavy atom. The molecule has 3 heteroatoms. The summed E-state index contributed by atoms with van der Waals surface area (Å²) in [5, 5.41) is 11.1. The van der Waals surface area contributed by atoms with Gasteiger partial charge < -0.3 is 5.11 Å². The SMILES string of the molecule is C#C[C@]1(O)CC[C@H]2[C@@H]3CCC4=CC(=O)CC[C@@H]4[C@H]3[C@@H](CCl)C[C@@]21C. The van der Waals surface area contributed by atoms with Crippen molar-refractivity contribution in [1.29, 1.82) is 0 Å². The van der Waals surface area contributed by atoms with Crippen molar-refractivity contribution in [3.05, 3.63) is 11.6 Å². The third-order valence-electron chi connectivity index (χ3n) is 8.01. The van der Waals surface area contributed by atoms with Gasteiger partial charge in [-0.3, -0.25) is 4.79 Å². The van der Waals surface area contributed by atoms with Crippen LogP contribution in [0.2, 0.25) is 0 Å². The molecule has 1 N–H and O–H groups in total. The van der Waals surface area contributed by atoms with Crippen LogP contribution < -0.4 is 0 Å². The third-order valence-corrected chi connectivity index (χ3v) is 8.41. The summed E-state index contributed by atoms with van der Waals surface area (Å²) in [6.45, 7) is 2.20. The van der Waals surface area contributed by atoms with E-state index in [-0.39, 0.29) is 5.41 Å². The van der Waals surface area contributed by atoms with Gasteiger partial charge >= 0.3 is 0 Å². The first kappa shape index (κ1) is 16.7. The second-order valence-electron chi connectivity index (χ2n) is 8.80. The molecule has 24 heavy (non-hydrogen) atoms. The molecule has 0 bridgehead atoms. The lowest BCUT2D eigenvalue weighted by atomic mass is 9.48. The molecule has 7 atom stereocenters. The summed E-state index contributed by atoms with van der Waals surface area (Å²) in [7, 11) is 0. The minimum Gasteiger partial charge on any atom is -0.377 e. The molecular weight excluding hydrogens is 320 g/mol. The van der Waals surface area contributed by atoms with Crippen LogP contribution in [0.3, 0.4) is 0 Å². The van der Waals surface area contributed by atoms with Crippen molar-refractivity contribution < 1.29 is 9.90 Å². The van der Waals surface area contributed by atoms with Gasteiger partial charge in [-0.2, -0.15) is 0 Å². The van der Waals surface area contributed by atoms with E-state index in [0.29, 0.717) is 47.7 Å². The number of hydrogen-bond donors (Lipinski definition) is 1. The normalized spacial score (nSPS) is 50.3. The van der Waals surface area contributed by atoms with Crippen molar-refractivity contribution in [2.45, 2.75) is 57.5 Å². The van der Waals surface area contributed by atoms with Gasteiger partial charge in [0.05, 0.1) is 0 Å².